The number of hydrogen-bond acceptors (Lipinski definition) is 6. The predicted octanol–water partition coefficient (Wildman–Crippen LogP) is 5.17. The van der Waals surface area contributed by atoms with Gasteiger partial charge in [0, 0.05) is 61.1 Å². The number of pyridine rings is 1. The average Bonchev–Trinajstić information content (AvgIpc) is 3.19. The van der Waals surface area contributed by atoms with Crippen LogP contribution >= 0.6 is 0 Å². The SMILES string of the molecule is CC(C)Oc1ccccc1CN1CCCN(C(=O)c2ccc(NS(=O)(=O)c3cccc4cccnc34)cc2)CC1. The summed E-state index contributed by atoms with van der Waals surface area (Å²) in [6.45, 7) is 7.76. The summed E-state index contributed by atoms with van der Waals surface area (Å²) in [5.41, 5.74) is 2.47. The van der Waals surface area contributed by atoms with E-state index in [0.29, 0.717) is 29.9 Å². The summed E-state index contributed by atoms with van der Waals surface area (Å²) < 4.78 is 34.8. The van der Waals surface area contributed by atoms with Crippen molar-refractivity contribution in [3.8, 4) is 5.75 Å². The summed E-state index contributed by atoms with van der Waals surface area (Å²) in [5, 5.41) is 0.746. The van der Waals surface area contributed by atoms with E-state index in [4.69, 9.17) is 4.74 Å². The smallest absolute Gasteiger partial charge is 0.264 e. The van der Waals surface area contributed by atoms with E-state index in [1.165, 1.54) is 6.07 Å². The molecular formula is C31H34N4O4S. The maximum Gasteiger partial charge on any atom is 0.264 e. The second-order valence-electron chi connectivity index (χ2n) is 10.2. The minimum atomic E-state index is -3.86. The van der Waals surface area contributed by atoms with Gasteiger partial charge in [-0.1, -0.05) is 36.4 Å². The minimum absolute atomic E-state index is 0.0574. The van der Waals surface area contributed by atoms with Gasteiger partial charge in [-0.25, -0.2) is 8.42 Å². The third-order valence-electron chi connectivity index (χ3n) is 6.87. The third kappa shape index (κ3) is 6.43. The Balaban J connectivity index is 1.22. The van der Waals surface area contributed by atoms with E-state index in [-0.39, 0.29) is 16.9 Å². The molecule has 0 bridgehead atoms. The molecule has 0 spiro atoms. The largest absolute Gasteiger partial charge is 0.491 e. The van der Waals surface area contributed by atoms with Gasteiger partial charge in [0.1, 0.15) is 10.6 Å². The van der Waals surface area contributed by atoms with Crippen LogP contribution in [0.3, 0.4) is 0 Å². The van der Waals surface area contributed by atoms with Gasteiger partial charge >= 0.3 is 0 Å². The summed E-state index contributed by atoms with van der Waals surface area (Å²) in [6, 6.07) is 23.4. The first-order valence-electron chi connectivity index (χ1n) is 13.5. The van der Waals surface area contributed by atoms with Crippen molar-refractivity contribution in [3.63, 3.8) is 0 Å². The number of benzene rings is 3. The van der Waals surface area contributed by atoms with Gasteiger partial charge in [-0.3, -0.25) is 19.4 Å². The molecule has 0 radical (unpaired) electrons. The number of aromatic nitrogens is 1. The van der Waals surface area contributed by atoms with Crippen molar-refractivity contribution in [1.29, 1.82) is 0 Å². The van der Waals surface area contributed by atoms with Crippen LogP contribution in [0.1, 0.15) is 36.2 Å². The van der Waals surface area contributed by atoms with Crippen molar-refractivity contribution in [1.82, 2.24) is 14.8 Å². The molecule has 8 nitrogen and oxygen atoms in total. The predicted molar refractivity (Wildman–Crippen MR) is 157 cm³/mol. The molecule has 1 aliphatic rings. The lowest BCUT2D eigenvalue weighted by molar-refractivity contribution is 0.0761. The number of fused-ring (bicyclic) bond motifs is 1. The van der Waals surface area contributed by atoms with Gasteiger partial charge in [0.25, 0.3) is 15.9 Å². The summed E-state index contributed by atoms with van der Waals surface area (Å²) in [5.74, 6) is 0.847. The van der Waals surface area contributed by atoms with Gasteiger partial charge in [-0.05, 0) is 62.7 Å². The van der Waals surface area contributed by atoms with E-state index in [1.54, 1.807) is 42.6 Å². The van der Waals surface area contributed by atoms with Gasteiger partial charge in [0.2, 0.25) is 0 Å². The number of rotatable bonds is 8. The van der Waals surface area contributed by atoms with Crippen molar-refractivity contribution in [2.45, 2.75) is 37.8 Å². The molecule has 5 rings (SSSR count). The lowest BCUT2D eigenvalue weighted by Gasteiger charge is -2.23. The van der Waals surface area contributed by atoms with Gasteiger partial charge in [0.05, 0.1) is 11.6 Å². The molecule has 1 fully saturated rings. The Morgan fingerprint density at radius 2 is 1.70 bits per heavy atom. The molecule has 40 heavy (non-hydrogen) atoms. The van der Waals surface area contributed by atoms with Crippen LogP contribution in [-0.2, 0) is 16.6 Å². The van der Waals surface area contributed by atoms with E-state index in [9.17, 15) is 13.2 Å². The molecule has 3 aromatic carbocycles. The first-order chi connectivity index (χ1) is 19.3. The first kappa shape index (κ1) is 27.6. The fourth-order valence-corrected chi connectivity index (χ4v) is 6.18. The normalized spacial score (nSPS) is 14.7. The van der Waals surface area contributed by atoms with Crippen LogP contribution in [0.4, 0.5) is 5.69 Å². The Morgan fingerprint density at radius 3 is 2.50 bits per heavy atom. The number of para-hydroxylation sites is 2. The highest BCUT2D eigenvalue weighted by Gasteiger charge is 2.22. The fourth-order valence-electron chi connectivity index (χ4n) is 4.94. The second kappa shape index (κ2) is 12.1. The molecule has 1 aliphatic heterocycles. The summed E-state index contributed by atoms with van der Waals surface area (Å²) >= 11 is 0. The van der Waals surface area contributed by atoms with E-state index in [0.717, 1.165) is 42.8 Å². The van der Waals surface area contributed by atoms with Crippen LogP contribution in [-0.4, -0.2) is 61.4 Å². The Bertz CT molecular complexity index is 1580. The molecule has 0 unspecified atom stereocenters. The lowest BCUT2D eigenvalue weighted by Crippen LogP contribution is -2.35. The van der Waals surface area contributed by atoms with Crippen molar-refractivity contribution in [2.24, 2.45) is 0 Å². The topological polar surface area (TPSA) is 91.8 Å². The summed E-state index contributed by atoms with van der Waals surface area (Å²) in [7, 11) is -3.86. The van der Waals surface area contributed by atoms with Crippen molar-refractivity contribution >= 4 is 32.5 Å². The fraction of sp³-hybridized carbons (Fsp3) is 0.290. The highest BCUT2D eigenvalue weighted by molar-refractivity contribution is 7.93. The number of carbonyl (C=O) groups is 1. The first-order valence-corrected chi connectivity index (χ1v) is 15.0. The van der Waals surface area contributed by atoms with Crippen LogP contribution in [0.5, 0.6) is 5.75 Å². The molecular weight excluding hydrogens is 524 g/mol. The Kier molecular flexibility index (Phi) is 8.32. The zero-order valence-electron chi connectivity index (χ0n) is 22.8. The molecule has 4 aromatic rings. The molecule has 208 valence electrons. The van der Waals surface area contributed by atoms with Gasteiger partial charge in [-0.15, -0.1) is 0 Å². The van der Waals surface area contributed by atoms with E-state index in [1.807, 2.05) is 49.1 Å². The number of hydrogen-bond donors (Lipinski definition) is 1. The van der Waals surface area contributed by atoms with E-state index < -0.39 is 10.0 Å². The third-order valence-corrected chi connectivity index (χ3v) is 8.29. The van der Waals surface area contributed by atoms with Gasteiger partial charge in [0.15, 0.2) is 0 Å². The molecule has 0 atom stereocenters. The molecule has 1 saturated heterocycles. The molecule has 1 aromatic heterocycles. The number of carbonyl (C=O) groups excluding carboxylic acids is 1. The number of sulfonamides is 1. The maximum absolute atomic E-state index is 13.3. The number of ether oxygens (including phenoxy) is 1. The van der Waals surface area contributed by atoms with Crippen LogP contribution in [0.2, 0.25) is 0 Å². The Labute approximate surface area is 235 Å². The molecule has 2 heterocycles. The van der Waals surface area contributed by atoms with Gasteiger partial charge < -0.3 is 9.64 Å². The van der Waals surface area contributed by atoms with Crippen molar-refractivity contribution in [3.05, 3.63) is 96.2 Å². The van der Waals surface area contributed by atoms with Crippen molar-refractivity contribution < 1.29 is 17.9 Å². The number of amides is 1. The zero-order chi connectivity index (χ0) is 28.1. The minimum Gasteiger partial charge on any atom is -0.491 e. The molecule has 0 saturated carbocycles. The van der Waals surface area contributed by atoms with Crippen LogP contribution in [0.15, 0.2) is 90.0 Å². The quantitative estimate of drug-likeness (QED) is 0.321. The monoisotopic (exact) mass is 558 g/mol. The van der Waals surface area contributed by atoms with Gasteiger partial charge in [-0.2, -0.15) is 0 Å². The van der Waals surface area contributed by atoms with Crippen LogP contribution in [0, 0.1) is 0 Å². The molecule has 1 N–H and O–H groups in total. The molecule has 0 aliphatic carbocycles. The van der Waals surface area contributed by atoms with E-state index >= 15 is 0 Å². The maximum atomic E-state index is 13.3. The summed E-state index contributed by atoms with van der Waals surface area (Å²) in [6.07, 6.45) is 2.55. The zero-order valence-corrected chi connectivity index (χ0v) is 23.6. The van der Waals surface area contributed by atoms with E-state index in [2.05, 4.69) is 20.7 Å². The standard InChI is InChI=1S/C31H34N4O4S/c1-23(2)39-28-11-4-3-8-26(28)22-34-18-7-19-35(21-20-34)31(36)25-13-15-27(16-14-25)33-40(37,38)29-12-5-9-24-10-6-17-32-30(24)29/h3-6,8-17,23,33H,7,18-22H2,1-2H3. The Hall–Kier alpha value is -3.95. The second-order valence-corrected chi connectivity index (χ2v) is 11.9. The highest BCUT2D eigenvalue weighted by atomic mass is 32.2. The number of nitrogens with zero attached hydrogens (tertiary/aromatic N) is 3. The highest BCUT2D eigenvalue weighted by Crippen LogP contribution is 2.25. The van der Waals surface area contributed by atoms with Crippen LogP contribution < -0.4 is 9.46 Å². The van der Waals surface area contributed by atoms with Crippen LogP contribution in [0.25, 0.3) is 10.9 Å². The summed E-state index contributed by atoms with van der Waals surface area (Å²) in [4.78, 5) is 21.9. The molecule has 1 amide bonds. The lowest BCUT2D eigenvalue weighted by atomic mass is 10.2. The molecule has 9 heteroatoms. The number of nitrogens with one attached hydrogen (secondary N) is 1. The Morgan fingerprint density at radius 1 is 0.925 bits per heavy atom. The average molecular weight is 559 g/mol. The van der Waals surface area contributed by atoms with Crippen molar-refractivity contribution in [2.75, 3.05) is 30.9 Å². The number of anilines is 1.